The highest BCUT2D eigenvalue weighted by Crippen LogP contribution is 2.22. The predicted molar refractivity (Wildman–Crippen MR) is 60.8 cm³/mol. The highest BCUT2D eigenvalue weighted by atomic mass is 16.5. The van der Waals surface area contributed by atoms with Crippen LogP contribution in [0.5, 0.6) is 0 Å². The smallest absolute Gasteiger partial charge is 0.308 e. The van der Waals surface area contributed by atoms with E-state index in [1.165, 1.54) is 6.92 Å². The van der Waals surface area contributed by atoms with Gasteiger partial charge in [-0.25, -0.2) is 0 Å². The summed E-state index contributed by atoms with van der Waals surface area (Å²) in [4.78, 5) is 22.5. The molecule has 0 saturated heterocycles. The molecule has 2 atom stereocenters. The zero-order chi connectivity index (χ0) is 12.1. The van der Waals surface area contributed by atoms with Crippen LogP contribution < -0.4 is 5.32 Å². The summed E-state index contributed by atoms with van der Waals surface area (Å²) in [5.74, 6) is -0.348. The minimum absolute atomic E-state index is 0.00560. The van der Waals surface area contributed by atoms with Gasteiger partial charge >= 0.3 is 5.97 Å². The van der Waals surface area contributed by atoms with Crippen molar-refractivity contribution in [2.24, 2.45) is 5.92 Å². The lowest BCUT2D eigenvalue weighted by Crippen LogP contribution is -2.46. The van der Waals surface area contributed by atoms with Crippen molar-refractivity contribution < 1.29 is 14.3 Å². The summed E-state index contributed by atoms with van der Waals surface area (Å²) in [5.41, 5.74) is 0. The molecule has 1 rings (SSSR count). The highest BCUT2D eigenvalue weighted by molar-refractivity contribution is 5.74. The maximum Gasteiger partial charge on any atom is 0.308 e. The van der Waals surface area contributed by atoms with Crippen molar-refractivity contribution in [3.05, 3.63) is 0 Å². The lowest BCUT2D eigenvalue weighted by molar-refractivity contribution is -0.156. The summed E-state index contributed by atoms with van der Waals surface area (Å²) < 4.78 is 5.41. The third-order valence-electron chi connectivity index (χ3n) is 2.83. The summed E-state index contributed by atoms with van der Waals surface area (Å²) in [5, 5.41) is 2.86. The van der Waals surface area contributed by atoms with Gasteiger partial charge in [0.25, 0.3) is 0 Å². The second-order valence-corrected chi connectivity index (χ2v) is 4.72. The first-order chi connectivity index (χ1) is 7.50. The van der Waals surface area contributed by atoms with E-state index in [1.54, 1.807) is 0 Å². The van der Waals surface area contributed by atoms with Crippen LogP contribution in [-0.4, -0.2) is 24.0 Å². The standard InChI is InChI=1S/C12H21NO3/c1-8(2)12(15)16-11-7-5-4-6-10(11)13-9(3)14/h8,10-11H,4-7H2,1-3H3,(H,13,14)/t10-,11+/m1/s1. The monoisotopic (exact) mass is 227 g/mol. The van der Waals surface area contributed by atoms with E-state index in [1.807, 2.05) is 13.8 Å². The fraction of sp³-hybridized carbons (Fsp3) is 0.833. The van der Waals surface area contributed by atoms with E-state index in [2.05, 4.69) is 5.32 Å². The first-order valence-electron chi connectivity index (χ1n) is 5.98. The van der Waals surface area contributed by atoms with Gasteiger partial charge in [-0.3, -0.25) is 9.59 Å². The maximum absolute atomic E-state index is 11.5. The van der Waals surface area contributed by atoms with Gasteiger partial charge in [-0.1, -0.05) is 20.3 Å². The van der Waals surface area contributed by atoms with Gasteiger partial charge in [0, 0.05) is 6.92 Å². The van der Waals surface area contributed by atoms with Crippen molar-refractivity contribution in [2.75, 3.05) is 0 Å². The van der Waals surface area contributed by atoms with Crippen LogP contribution in [0.15, 0.2) is 0 Å². The van der Waals surface area contributed by atoms with Gasteiger partial charge < -0.3 is 10.1 Å². The summed E-state index contributed by atoms with van der Waals surface area (Å²) in [6.45, 7) is 5.13. The van der Waals surface area contributed by atoms with E-state index >= 15 is 0 Å². The molecular formula is C12H21NO3. The van der Waals surface area contributed by atoms with E-state index in [0.717, 1.165) is 25.7 Å². The quantitative estimate of drug-likeness (QED) is 0.746. The molecule has 1 aliphatic carbocycles. The van der Waals surface area contributed by atoms with Crippen LogP contribution in [0.1, 0.15) is 46.5 Å². The molecule has 0 bridgehead atoms. The Morgan fingerprint density at radius 1 is 1.25 bits per heavy atom. The second-order valence-electron chi connectivity index (χ2n) is 4.72. The first kappa shape index (κ1) is 13.0. The predicted octanol–water partition coefficient (Wildman–Crippen LogP) is 1.63. The van der Waals surface area contributed by atoms with Crippen LogP contribution in [0, 0.1) is 5.92 Å². The van der Waals surface area contributed by atoms with Crippen molar-refractivity contribution in [1.29, 1.82) is 0 Å². The van der Waals surface area contributed by atoms with Gasteiger partial charge in [0.2, 0.25) is 5.91 Å². The van der Waals surface area contributed by atoms with Crippen molar-refractivity contribution in [1.82, 2.24) is 5.32 Å². The minimum atomic E-state index is -0.178. The minimum Gasteiger partial charge on any atom is -0.460 e. The molecule has 0 spiro atoms. The van der Waals surface area contributed by atoms with E-state index < -0.39 is 0 Å². The van der Waals surface area contributed by atoms with Gasteiger partial charge in [0.1, 0.15) is 6.10 Å². The molecule has 0 radical (unpaired) electrons. The van der Waals surface area contributed by atoms with Crippen LogP contribution in [0.2, 0.25) is 0 Å². The number of amides is 1. The molecule has 0 aromatic heterocycles. The average Bonchev–Trinajstić information content (AvgIpc) is 2.20. The first-order valence-corrected chi connectivity index (χ1v) is 5.98. The Morgan fingerprint density at radius 3 is 2.44 bits per heavy atom. The Balaban J connectivity index is 2.53. The summed E-state index contributed by atoms with van der Waals surface area (Å²) in [6.07, 6.45) is 3.75. The number of hydrogen-bond acceptors (Lipinski definition) is 3. The highest BCUT2D eigenvalue weighted by Gasteiger charge is 2.29. The molecule has 0 aliphatic heterocycles. The van der Waals surface area contributed by atoms with Crippen LogP contribution in [0.3, 0.4) is 0 Å². The third kappa shape index (κ3) is 3.83. The SMILES string of the molecule is CC(=O)N[C@@H]1CCCC[C@@H]1OC(=O)C(C)C. The van der Waals surface area contributed by atoms with Gasteiger partial charge in [-0.05, 0) is 19.3 Å². The molecule has 1 N–H and O–H groups in total. The lowest BCUT2D eigenvalue weighted by atomic mass is 9.92. The molecule has 92 valence electrons. The van der Waals surface area contributed by atoms with Gasteiger partial charge in [0.15, 0.2) is 0 Å². The second kappa shape index (κ2) is 5.87. The maximum atomic E-state index is 11.5. The molecule has 1 aliphatic rings. The van der Waals surface area contributed by atoms with Gasteiger partial charge in [-0.15, -0.1) is 0 Å². The number of rotatable bonds is 3. The molecule has 0 aromatic carbocycles. The number of esters is 1. The van der Waals surface area contributed by atoms with E-state index in [0.29, 0.717) is 0 Å². The average molecular weight is 227 g/mol. The lowest BCUT2D eigenvalue weighted by Gasteiger charge is -2.31. The molecule has 0 heterocycles. The molecule has 1 fully saturated rings. The normalized spacial score (nSPS) is 25.2. The molecule has 1 amide bonds. The zero-order valence-corrected chi connectivity index (χ0v) is 10.3. The molecule has 1 saturated carbocycles. The molecule has 16 heavy (non-hydrogen) atoms. The Kier molecular flexibility index (Phi) is 4.77. The number of ether oxygens (including phenoxy) is 1. The summed E-state index contributed by atoms with van der Waals surface area (Å²) in [6, 6.07) is -0.00560. The molecular weight excluding hydrogens is 206 g/mol. The Hall–Kier alpha value is -1.06. The van der Waals surface area contributed by atoms with Gasteiger partial charge in [-0.2, -0.15) is 0 Å². The Labute approximate surface area is 96.7 Å². The van der Waals surface area contributed by atoms with Crippen LogP contribution in [-0.2, 0) is 14.3 Å². The fourth-order valence-corrected chi connectivity index (χ4v) is 1.95. The molecule has 0 unspecified atom stereocenters. The van der Waals surface area contributed by atoms with Crippen molar-refractivity contribution in [3.8, 4) is 0 Å². The van der Waals surface area contributed by atoms with Gasteiger partial charge in [0.05, 0.1) is 12.0 Å². The van der Waals surface area contributed by atoms with Crippen LogP contribution >= 0.6 is 0 Å². The Bertz CT molecular complexity index is 263. The van der Waals surface area contributed by atoms with Crippen molar-refractivity contribution in [2.45, 2.75) is 58.6 Å². The molecule has 0 aromatic rings. The fourth-order valence-electron chi connectivity index (χ4n) is 1.95. The van der Waals surface area contributed by atoms with E-state index in [9.17, 15) is 9.59 Å². The summed E-state index contributed by atoms with van der Waals surface area (Å²) >= 11 is 0. The van der Waals surface area contributed by atoms with Crippen molar-refractivity contribution >= 4 is 11.9 Å². The number of hydrogen-bond donors (Lipinski definition) is 1. The number of carbonyl (C=O) groups excluding carboxylic acids is 2. The molecule has 4 nitrogen and oxygen atoms in total. The summed E-state index contributed by atoms with van der Waals surface area (Å²) in [7, 11) is 0. The number of nitrogens with one attached hydrogen (secondary N) is 1. The third-order valence-corrected chi connectivity index (χ3v) is 2.83. The van der Waals surface area contributed by atoms with E-state index in [4.69, 9.17) is 4.74 Å². The number of carbonyl (C=O) groups is 2. The zero-order valence-electron chi connectivity index (χ0n) is 10.3. The van der Waals surface area contributed by atoms with Crippen molar-refractivity contribution in [3.63, 3.8) is 0 Å². The Morgan fingerprint density at radius 2 is 1.88 bits per heavy atom. The van der Waals surface area contributed by atoms with Crippen LogP contribution in [0.4, 0.5) is 0 Å². The topological polar surface area (TPSA) is 55.4 Å². The largest absolute Gasteiger partial charge is 0.460 e. The molecule has 4 heteroatoms. The van der Waals surface area contributed by atoms with E-state index in [-0.39, 0.29) is 29.9 Å². The van der Waals surface area contributed by atoms with Crippen LogP contribution in [0.25, 0.3) is 0 Å².